The second-order valence-electron chi connectivity index (χ2n) is 5.09. The largest absolute Gasteiger partial charge is 0.481 e. The van der Waals surface area contributed by atoms with Crippen molar-refractivity contribution < 1.29 is 24.0 Å². The maximum Gasteiger partial charge on any atom is 0.308 e. The summed E-state index contributed by atoms with van der Waals surface area (Å²) in [5, 5.41) is 19.7. The third-order valence-corrected chi connectivity index (χ3v) is 3.56. The molecule has 0 radical (unpaired) electrons. The van der Waals surface area contributed by atoms with Crippen molar-refractivity contribution in [1.29, 1.82) is 0 Å². The van der Waals surface area contributed by atoms with Gasteiger partial charge in [-0.2, -0.15) is 0 Å². The molecule has 2 rings (SSSR count). The summed E-state index contributed by atoms with van der Waals surface area (Å²) in [5.74, 6) is -3.39. The summed E-state index contributed by atoms with van der Waals surface area (Å²) in [4.78, 5) is 34.4. The van der Waals surface area contributed by atoms with Crippen LogP contribution in [0.15, 0.2) is 18.2 Å². The third-order valence-electron chi connectivity index (χ3n) is 3.56. The minimum atomic E-state index is -0.997. The van der Waals surface area contributed by atoms with Gasteiger partial charge in [-0.3, -0.25) is 19.7 Å². The molecule has 0 bridgehead atoms. The number of carbonyl (C=O) groups excluding carboxylic acids is 1. The van der Waals surface area contributed by atoms with Crippen LogP contribution in [0.2, 0.25) is 0 Å². The van der Waals surface area contributed by atoms with Crippen molar-refractivity contribution in [2.24, 2.45) is 11.8 Å². The van der Waals surface area contributed by atoms with Crippen molar-refractivity contribution in [2.75, 3.05) is 13.1 Å². The summed E-state index contributed by atoms with van der Waals surface area (Å²) in [6.45, 7) is 1.94. The first-order chi connectivity index (χ1) is 9.79. The standard InChI is InChI=1S/C13H13FN2O5/c1-7-5-15(6-11(7)13(18)19)12(17)8-2-9(14)4-10(3-8)16(20)21/h2-4,7,11H,5-6H2,1H3,(H,18,19)/t7-,11-/m1/s1. The van der Waals surface area contributed by atoms with E-state index in [9.17, 15) is 24.1 Å². The van der Waals surface area contributed by atoms with E-state index in [1.807, 2.05) is 0 Å². The molecule has 2 atom stereocenters. The number of hydrogen-bond acceptors (Lipinski definition) is 4. The number of halogens is 1. The van der Waals surface area contributed by atoms with Crippen molar-refractivity contribution >= 4 is 17.6 Å². The van der Waals surface area contributed by atoms with Gasteiger partial charge in [0, 0.05) is 24.7 Å². The van der Waals surface area contributed by atoms with Gasteiger partial charge in [-0.05, 0) is 12.0 Å². The van der Waals surface area contributed by atoms with Gasteiger partial charge in [0.25, 0.3) is 11.6 Å². The predicted molar refractivity (Wildman–Crippen MR) is 69.2 cm³/mol. The highest BCUT2D eigenvalue weighted by Gasteiger charge is 2.37. The summed E-state index contributed by atoms with van der Waals surface area (Å²) >= 11 is 0. The molecule has 8 heteroatoms. The Kier molecular flexibility index (Phi) is 3.88. The van der Waals surface area contributed by atoms with Crippen LogP contribution < -0.4 is 0 Å². The number of aliphatic carboxylic acids is 1. The van der Waals surface area contributed by atoms with Gasteiger partial charge < -0.3 is 10.0 Å². The molecule has 1 fully saturated rings. The number of carboxylic acid groups (broad SMARTS) is 1. The molecule has 1 aromatic carbocycles. The van der Waals surface area contributed by atoms with Gasteiger partial charge in [0.15, 0.2) is 0 Å². The Morgan fingerprint density at radius 2 is 2.05 bits per heavy atom. The molecule has 1 heterocycles. The van der Waals surface area contributed by atoms with Crippen molar-refractivity contribution in [2.45, 2.75) is 6.92 Å². The van der Waals surface area contributed by atoms with Crippen LogP contribution >= 0.6 is 0 Å². The Hall–Kier alpha value is -2.51. The number of rotatable bonds is 3. The van der Waals surface area contributed by atoms with Gasteiger partial charge in [-0.25, -0.2) is 4.39 Å². The van der Waals surface area contributed by atoms with Crippen LogP contribution in [0.3, 0.4) is 0 Å². The lowest BCUT2D eigenvalue weighted by molar-refractivity contribution is -0.385. The molecule has 112 valence electrons. The zero-order valence-corrected chi connectivity index (χ0v) is 11.2. The van der Waals surface area contributed by atoms with Gasteiger partial charge in [0.05, 0.1) is 16.9 Å². The van der Waals surface area contributed by atoms with E-state index in [0.29, 0.717) is 0 Å². The maximum atomic E-state index is 13.3. The number of hydrogen-bond donors (Lipinski definition) is 1. The monoisotopic (exact) mass is 296 g/mol. The number of nitrogens with zero attached hydrogens (tertiary/aromatic N) is 2. The predicted octanol–water partition coefficient (Wildman–Crippen LogP) is 1.53. The second kappa shape index (κ2) is 5.47. The van der Waals surface area contributed by atoms with Gasteiger partial charge >= 0.3 is 5.97 Å². The Morgan fingerprint density at radius 1 is 1.38 bits per heavy atom. The molecular weight excluding hydrogens is 283 g/mol. The topological polar surface area (TPSA) is 101 Å². The molecule has 1 aromatic rings. The van der Waals surface area contributed by atoms with E-state index in [1.165, 1.54) is 4.90 Å². The number of benzene rings is 1. The van der Waals surface area contributed by atoms with E-state index < -0.39 is 34.2 Å². The fourth-order valence-corrected chi connectivity index (χ4v) is 2.44. The molecule has 1 aliphatic rings. The number of nitro benzene ring substituents is 1. The number of amides is 1. The molecule has 21 heavy (non-hydrogen) atoms. The van der Waals surface area contributed by atoms with Crippen LogP contribution in [0.25, 0.3) is 0 Å². The number of carbonyl (C=O) groups is 2. The van der Waals surface area contributed by atoms with Crippen LogP contribution in [0.5, 0.6) is 0 Å². The van der Waals surface area contributed by atoms with Gasteiger partial charge in [0.2, 0.25) is 0 Å². The average molecular weight is 296 g/mol. The Bertz CT molecular complexity index is 619. The van der Waals surface area contributed by atoms with E-state index in [0.717, 1.165) is 18.2 Å². The minimum Gasteiger partial charge on any atom is -0.481 e. The first kappa shape index (κ1) is 14.9. The second-order valence-corrected chi connectivity index (χ2v) is 5.09. The maximum absolute atomic E-state index is 13.3. The summed E-state index contributed by atoms with van der Waals surface area (Å²) in [6.07, 6.45) is 0. The first-order valence-corrected chi connectivity index (χ1v) is 6.26. The number of non-ortho nitro benzene ring substituents is 1. The van der Waals surface area contributed by atoms with Crippen LogP contribution in [0, 0.1) is 27.8 Å². The fourth-order valence-electron chi connectivity index (χ4n) is 2.44. The number of carboxylic acids is 1. The molecule has 0 spiro atoms. The molecule has 0 aliphatic carbocycles. The molecule has 0 unspecified atom stereocenters. The zero-order valence-electron chi connectivity index (χ0n) is 11.2. The highest BCUT2D eigenvalue weighted by Crippen LogP contribution is 2.26. The van der Waals surface area contributed by atoms with Crippen molar-refractivity contribution in [3.63, 3.8) is 0 Å². The SMILES string of the molecule is C[C@@H]1CN(C(=O)c2cc(F)cc([N+](=O)[O-])c2)C[C@H]1C(=O)O. The molecule has 1 saturated heterocycles. The van der Waals surface area contributed by atoms with Crippen LogP contribution in [0.4, 0.5) is 10.1 Å². The van der Waals surface area contributed by atoms with E-state index in [2.05, 4.69) is 0 Å². The average Bonchev–Trinajstić information content (AvgIpc) is 2.79. The number of nitro groups is 1. The van der Waals surface area contributed by atoms with E-state index >= 15 is 0 Å². The molecule has 1 aliphatic heterocycles. The molecule has 1 N–H and O–H groups in total. The highest BCUT2D eigenvalue weighted by atomic mass is 19.1. The van der Waals surface area contributed by atoms with Crippen molar-refractivity contribution in [3.05, 3.63) is 39.7 Å². The Labute approximate surface area is 119 Å². The van der Waals surface area contributed by atoms with Crippen LogP contribution in [0.1, 0.15) is 17.3 Å². The van der Waals surface area contributed by atoms with Crippen LogP contribution in [-0.2, 0) is 4.79 Å². The first-order valence-electron chi connectivity index (χ1n) is 6.26. The highest BCUT2D eigenvalue weighted by molar-refractivity contribution is 5.95. The Balaban J connectivity index is 2.25. The van der Waals surface area contributed by atoms with Gasteiger partial charge in [-0.15, -0.1) is 0 Å². The van der Waals surface area contributed by atoms with Crippen LogP contribution in [-0.4, -0.2) is 39.9 Å². The summed E-state index contributed by atoms with van der Waals surface area (Å²) in [5.41, 5.74) is -0.666. The van der Waals surface area contributed by atoms with Gasteiger partial charge in [0.1, 0.15) is 5.82 Å². The van der Waals surface area contributed by atoms with Gasteiger partial charge in [-0.1, -0.05) is 6.92 Å². The molecular formula is C13H13FN2O5. The minimum absolute atomic E-state index is 0.0135. The molecule has 0 aromatic heterocycles. The number of likely N-dealkylation sites (tertiary alicyclic amines) is 1. The Morgan fingerprint density at radius 3 is 2.57 bits per heavy atom. The normalized spacial score (nSPS) is 21.3. The zero-order chi connectivity index (χ0) is 15.7. The smallest absolute Gasteiger partial charge is 0.308 e. The van der Waals surface area contributed by atoms with E-state index in [4.69, 9.17) is 5.11 Å². The molecule has 7 nitrogen and oxygen atoms in total. The summed E-state index contributed by atoms with van der Waals surface area (Å²) in [7, 11) is 0. The lowest BCUT2D eigenvalue weighted by atomic mass is 9.99. The quantitative estimate of drug-likeness (QED) is 0.673. The third kappa shape index (κ3) is 2.99. The fraction of sp³-hybridized carbons (Fsp3) is 0.385. The lowest BCUT2D eigenvalue weighted by Gasteiger charge is -2.15. The van der Waals surface area contributed by atoms with E-state index in [1.54, 1.807) is 6.92 Å². The van der Waals surface area contributed by atoms with Crippen molar-refractivity contribution in [3.8, 4) is 0 Å². The van der Waals surface area contributed by atoms with Crippen molar-refractivity contribution in [1.82, 2.24) is 4.90 Å². The molecule has 1 amide bonds. The lowest BCUT2D eigenvalue weighted by Crippen LogP contribution is -2.30. The summed E-state index contributed by atoms with van der Waals surface area (Å²) < 4.78 is 13.3. The molecule has 0 saturated carbocycles. The van der Waals surface area contributed by atoms with E-state index in [-0.39, 0.29) is 24.6 Å². The summed E-state index contributed by atoms with van der Waals surface area (Å²) in [6, 6.07) is 2.63.